The maximum absolute atomic E-state index is 12.5. The van der Waals surface area contributed by atoms with Crippen LogP contribution in [0.1, 0.15) is 162 Å². The molecule has 0 heterocycles. The topological polar surface area (TPSA) is 124 Å². The van der Waals surface area contributed by atoms with E-state index in [-0.39, 0.29) is 6.42 Å². The fraction of sp³-hybridized carbons (Fsp3) is 0.906. The lowest BCUT2D eigenvalue weighted by Crippen LogP contribution is -2.50. The van der Waals surface area contributed by atoms with E-state index < -0.39 is 40.0 Å². The number of rotatable bonds is 29. The molecule has 0 saturated heterocycles. The van der Waals surface area contributed by atoms with E-state index in [1.54, 1.807) is 6.08 Å². The van der Waals surface area contributed by atoms with Gasteiger partial charge in [-0.15, -0.1) is 0 Å². The molecule has 0 bridgehead atoms. The van der Waals surface area contributed by atoms with Crippen LogP contribution in [0.25, 0.3) is 0 Å². The molecule has 238 valence electrons. The van der Waals surface area contributed by atoms with Gasteiger partial charge in [0.2, 0.25) is 5.91 Å². The fourth-order valence-electron chi connectivity index (χ4n) is 4.98. The van der Waals surface area contributed by atoms with Crippen molar-refractivity contribution in [1.82, 2.24) is 5.32 Å². The van der Waals surface area contributed by atoms with Crippen LogP contribution in [0.4, 0.5) is 0 Å². The zero-order valence-corrected chi connectivity index (χ0v) is 26.6. The first kappa shape index (κ1) is 39.0. The molecule has 40 heavy (non-hydrogen) atoms. The molecule has 1 amide bonds. The van der Waals surface area contributed by atoms with Crippen LogP contribution in [0.2, 0.25) is 0 Å². The van der Waals surface area contributed by atoms with E-state index in [0.29, 0.717) is 6.42 Å². The van der Waals surface area contributed by atoms with Gasteiger partial charge in [0.1, 0.15) is 6.10 Å². The lowest BCUT2D eigenvalue weighted by Gasteiger charge is -2.22. The van der Waals surface area contributed by atoms with E-state index in [0.717, 1.165) is 38.5 Å². The highest BCUT2D eigenvalue weighted by molar-refractivity contribution is 7.85. The maximum Gasteiger partial charge on any atom is 0.267 e. The Bertz CT molecular complexity index is 712. The first-order chi connectivity index (χ1) is 19.2. The van der Waals surface area contributed by atoms with E-state index in [1.807, 2.05) is 0 Å². The molecular weight excluding hydrogens is 526 g/mol. The molecule has 0 aromatic heterocycles. The number of aliphatic hydroxyl groups excluding tert-OH is 2. The number of nitrogens with one attached hydrogen (secondary N) is 1. The second-order valence-electron chi connectivity index (χ2n) is 11.6. The lowest BCUT2D eigenvalue weighted by molar-refractivity contribution is -0.130. The number of carbonyl (C=O) groups excluding carboxylic acids is 1. The first-order valence-electron chi connectivity index (χ1n) is 16.5. The molecule has 3 atom stereocenters. The zero-order valence-electron chi connectivity index (χ0n) is 25.8. The Hall–Kier alpha value is -0.960. The summed E-state index contributed by atoms with van der Waals surface area (Å²) < 4.78 is 32.2. The van der Waals surface area contributed by atoms with E-state index in [2.05, 4.69) is 19.2 Å². The molecule has 8 heteroatoms. The van der Waals surface area contributed by atoms with Crippen LogP contribution in [-0.4, -0.2) is 53.1 Å². The summed E-state index contributed by atoms with van der Waals surface area (Å²) in [5.41, 5.74) is 0. The molecule has 0 aromatic rings. The summed E-state index contributed by atoms with van der Waals surface area (Å²) in [6, 6.07) is -1.22. The van der Waals surface area contributed by atoms with Gasteiger partial charge in [-0.1, -0.05) is 154 Å². The number of hydrogen-bond donors (Lipinski definition) is 4. The summed E-state index contributed by atoms with van der Waals surface area (Å²) in [6.07, 6.45) is 27.0. The number of carbonyl (C=O) groups is 1. The summed E-state index contributed by atoms with van der Waals surface area (Å²) in [4.78, 5) is 12.5. The molecule has 0 aromatic carbocycles. The van der Waals surface area contributed by atoms with E-state index in [4.69, 9.17) is 0 Å². The van der Waals surface area contributed by atoms with E-state index in [1.165, 1.54) is 102 Å². The summed E-state index contributed by atoms with van der Waals surface area (Å²) >= 11 is 0. The number of allylic oxidation sites excluding steroid dienone is 1. The van der Waals surface area contributed by atoms with Crippen LogP contribution in [0, 0.1) is 0 Å². The standard InChI is InChI=1S/C32H63NO6S/c1-3-5-7-9-11-13-15-16-17-19-20-22-24-26-30(34)29(28-40(37,38)39)33-32(36)31(35)27-25-23-21-18-14-12-10-8-6-4-2/h24,26,29-31,34-35H,3-23,25,27-28H2,1-2H3,(H,33,36)(H,37,38,39)/b26-24+. The monoisotopic (exact) mass is 589 g/mol. The van der Waals surface area contributed by atoms with Gasteiger partial charge in [-0.05, 0) is 19.3 Å². The molecule has 3 unspecified atom stereocenters. The number of unbranched alkanes of at least 4 members (excludes halogenated alkanes) is 20. The molecule has 0 radical (unpaired) electrons. The largest absolute Gasteiger partial charge is 0.387 e. The van der Waals surface area contributed by atoms with Gasteiger partial charge >= 0.3 is 0 Å². The van der Waals surface area contributed by atoms with Crippen LogP contribution < -0.4 is 5.32 Å². The second-order valence-corrected chi connectivity index (χ2v) is 13.1. The average Bonchev–Trinajstić information content (AvgIpc) is 2.90. The van der Waals surface area contributed by atoms with Crippen molar-refractivity contribution in [2.75, 3.05) is 5.75 Å². The molecular formula is C32H63NO6S. The summed E-state index contributed by atoms with van der Waals surface area (Å²) in [5, 5.41) is 23.2. The van der Waals surface area contributed by atoms with Crippen LogP contribution in [0.3, 0.4) is 0 Å². The smallest absolute Gasteiger partial charge is 0.267 e. The maximum atomic E-state index is 12.5. The summed E-state index contributed by atoms with van der Waals surface area (Å²) in [5.74, 6) is -1.53. The van der Waals surface area contributed by atoms with Gasteiger partial charge in [0.05, 0.1) is 17.9 Å². The average molecular weight is 590 g/mol. The van der Waals surface area contributed by atoms with Crippen molar-refractivity contribution in [3.05, 3.63) is 12.2 Å². The van der Waals surface area contributed by atoms with Crippen molar-refractivity contribution >= 4 is 16.0 Å². The molecule has 0 spiro atoms. The lowest BCUT2D eigenvalue weighted by atomic mass is 10.0. The van der Waals surface area contributed by atoms with Gasteiger partial charge in [-0.3, -0.25) is 9.35 Å². The highest BCUT2D eigenvalue weighted by atomic mass is 32.2. The Balaban J connectivity index is 4.20. The van der Waals surface area contributed by atoms with Crippen LogP contribution in [-0.2, 0) is 14.9 Å². The van der Waals surface area contributed by atoms with Crippen molar-refractivity contribution in [2.24, 2.45) is 0 Å². The summed E-state index contributed by atoms with van der Waals surface area (Å²) in [6.45, 7) is 4.45. The highest BCUT2D eigenvalue weighted by Gasteiger charge is 2.27. The van der Waals surface area contributed by atoms with Crippen molar-refractivity contribution in [3.8, 4) is 0 Å². The Morgan fingerprint density at radius 2 is 1.07 bits per heavy atom. The Kier molecular flexibility index (Phi) is 26.3. The predicted octanol–water partition coefficient (Wildman–Crippen LogP) is 7.65. The minimum Gasteiger partial charge on any atom is -0.387 e. The second kappa shape index (κ2) is 26.9. The Labute approximate surface area is 246 Å². The fourth-order valence-corrected chi connectivity index (χ4v) is 5.72. The summed E-state index contributed by atoms with van der Waals surface area (Å²) in [7, 11) is -4.42. The van der Waals surface area contributed by atoms with Crippen molar-refractivity contribution in [3.63, 3.8) is 0 Å². The predicted molar refractivity (Wildman–Crippen MR) is 167 cm³/mol. The minimum absolute atomic E-state index is 0.283. The molecule has 0 rings (SSSR count). The molecule has 0 aliphatic rings. The third kappa shape index (κ3) is 26.0. The number of aliphatic hydroxyl groups is 2. The van der Waals surface area contributed by atoms with Crippen LogP contribution in [0.5, 0.6) is 0 Å². The van der Waals surface area contributed by atoms with Gasteiger partial charge in [0.15, 0.2) is 0 Å². The van der Waals surface area contributed by atoms with Crippen molar-refractivity contribution in [1.29, 1.82) is 0 Å². The first-order valence-corrected chi connectivity index (χ1v) is 18.1. The van der Waals surface area contributed by atoms with Crippen LogP contribution in [0.15, 0.2) is 12.2 Å². The zero-order chi connectivity index (χ0) is 29.9. The van der Waals surface area contributed by atoms with E-state index in [9.17, 15) is 28.0 Å². The van der Waals surface area contributed by atoms with Gasteiger partial charge in [-0.2, -0.15) is 8.42 Å². The molecule has 7 nitrogen and oxygen atoms in total. The van der Waals surface area contributed by atoms with E-state index >= 15 is 0 Å². The third-order valence-electron chi connectivity index (χ3n) is 7.57. The normalized spacial score (nSPS) is 14.4. The molecule has 0 fully saturated rings. The molecule has 0 saturated carbocycles. The minimum atomic E-state index is -4.42. The molecule has 4 N–H and O–H groups in total. The molecule has 0 aliphatic heterocycles. The Morgan fingerprint density at radius 1 is 0.675 bits per heavy atom. The third-order valence-corrected chi connectivity index (χ3v) is 8.35. The highest BCUT2D eigenvalue weighted by Crippen LogP contribution is 2.14. The number of hydrogen-bond acceptors (Lipinski definition) is 5. The quantitative estimate of drug-likeness (QED) is 0.0404. The number of amides is 1. The Morgan fingerprint density at radius 3 is 1.50 bits per heavy atom. The SMILES string of the molecule is CCCCCCCCCCCCC/C=C/C(O)C(CS(=O)(=O)O)NC(=O)C(O)CCCCCCCCCCCC. The van der Waals surface area contributed by atoms with Gasteiger partial charge in [0.25, 0.3) is 10.1 Å². The van der Waals surface area contributed by atoms with Crippen LogP contribution >= 0.6 is 0 Å². The van der Waals surface area contributed by atoms with Crippen molar-refractivity contribution in [2.45, 2.75) is 180 Å². The van der Waals surface area contributed by atoms with Gasteiger partial charge in [-0.25, -0.2) is 0 Å². The van der Waals surface area contributed by atoms with Gasteiger partial charge < -0.3 is 15.5 Å². The van der Waals surface area contributed by atoms with Crippen molar-refractivity contribution < 1.29 is 28.0 Å². The molecule has 0 aliphatic carbocycles. The van der Waals surface area contributed by atoms with Gasteiger partial charge in [0, 0.05) is 0 Å².